The molecule has 86 valence electrons. The second-order valence-electron chi connectivity index (χ2n) is 4.63. The van der Waals surface area contributed by atoms with Crippen molar-refractivity contribution < 1.29 is 0 Å². The Morgan fingerprint density at radius 3 is 2.65 bits per heavy atom. The zero-order valence-corrected chi connectivity index (χ0v) is 10.1. The number of nitrogens with zero attached hydrogens (tertiary/aromatic N) is 2. The fourth-order valence-electron chi connectivity index (χ4n) is 2.32. The smallest absolute Gasteiger partial charge is 0.138 e. The van der Waals surface area contributed by atoms with Crippen LogP contribution < -0.4 is 5.73 Å². The molecule has 1 aliphatic carbocycles. The first-order chi connectivity index (χ1) is 8.16. The third-order valence-electron chi connectivity index (χ3n) is 3.61. The third kappa shape index (κ3) is 1.50. The Kier molecular flexibility index (Phi) is 2.15. The van der Waals surface area contributed by atoms with E-state index in [0.29, 0.717) is 11.7 Å². The maximum atomic E-state index is 5.91. The monoisotopic (exact) mass is 225 g/mol. The molecule has 3 nitrogen and oxygen atoms in total. The van der Waals surface area contributed by atoms with Gasteiger partial charge in [0, 0.05) is 17.2 Å². The van der Waals surface area contributed by atoms with Crippen LogP contribution in [0.25, 0.3) is 0 Å². The summed E-state index contributed by atoms with van der Waals surface area (Å²) in [5.74, 6) is 1.80. The quantitative estimate of drug-likeness (QED) is 0.810. The van der Waals surface area contributed by atoms with Crippen LogP contribution in [0.15, 0.2) is 24.3 Å². The third-order valence-corrected chi connectivity index (χ3v) is 3.61. The topological polar surface area (TPSA) is 51.8 Å². The number of rotatable bonds is 1. The van der Waals surface area contributed by atoms with Gasteiger partial charge in [-0.05, 0) is 31.4 Å². The molecule has 2 aromatic rings. The Labute approximate surface area is 101 Å². The highest BCUT2D eigenvalue weighted by Crippen LogP contribution is 2.38. The number of nitrogens with two attached hydrogens (primary N) is 1. The fourth-order valence-corrected chi connectivity index (χ4v) is 2.32. The number of benzene rings is 1. The summed E-state index contributed by atoms with van der Waals surface area (Å²) in [7, 11) is 0. The van der Waals surface area contributed by atoms with E-state index in [9.17, 15) is 0 Å². The van der Waals surface area contributed by atoms with Crippen LogP contribution >= 0.6 is 0 Å². The van der Waals surface area contributed by atoms with Crippen LogP contribution in [-0.4, -0.2) is 9.97 Å². The second-order valence-corrected chi connectivity index (χ2v) is 4.63. The van der Waals surface area contributed by atoms with Gasteiger partial charge in [0.05, 0.1) is 0 Å². The van der Waals surface area contributed by atoms with E-state index in [1.807, 2.05) is 13.8 Å². The molecule has 1 unspecified atom stereocenters. The van der Waals surface area contributed by atoms with Crippen LogP contribution in [-0.2, 0) is 6.42 Å². The summed E-state index contributed by atoms with van der Waals surface area (Å²) in [6.45, 7) is 3.95. The van der Waals surface area contributed by atoms with Gasteiger partial charge in [0.15, 0.2) is 0 Å². The number of nitrogen functional groups attached to an aromatic ring is 1. The van der Waals surface area contributed by atoms with E-state index in [1.54, 1.807) is 0 Å². The van der Waals surface area contributed by atoms with Gasteiger partial charge in [0.1, 0.15) is 11.6 Å². The average molecular weight is 225 g/mol. The maximum absolute atomic E-state index is 5.91. The van der Waals surface area contributed by atoms with Crippen molar-refractivity contribution in [3.05, 3.63) is 52.5 Å². The first kappa shape index (κ1) is 10.3. The first-order valence-electron chi connectivity index (χ1n) is 5.85. The van der Waals surface area contributed by atoms with Gasteiger partial charge >= 0.3 is 0 Å². The van der Waals surface area contributed by atoms with Gasteiger partial charge in [-0.2, -0.15) is 0 Å². The predicted molar refractivity (Wildman–Crippen MR) is 67.9 cm³/mol. The summed E-state index contributed by atoms with van der Waals surface area (Å²) in [4.78, 5) is 8.98. The highest BCUT2D eigenvalue weighted by molar-refractivity contribution is 5.47. The van der Waals surface area contributed by atoms with Crippen LogP contribution in [0.5, 0.6) is 0 Å². The van der Waals surface area contributed by atoms with Gasteiger partial charge in [-0.15, -0.1) is 0 Å². The summed E-state index contributed by atoms with van der Waals surface area (Å²) in [5, 5.41) is 0. The molecule has 0 radical (unpaired) electrons. The van der Waals surface area contributed by atoms with Crippen molar-refractivity contribution in [3.63, 3.8) is 0 Å². The maximum Gasteiger partial charge on any atom is 0.138 e. The lowest BCUT2D eigenvalue weighted by atomic mass is 9.77. The molecular weight excluding hydrogens is 210 g/mol. The van der Waals surface area contributed by atoms with Crippen LogP contribution in [0.1, 0.15) is 34.1 Å². The molecule has 0 spiro atoms. The number of anilines is 1. The minimum atomic E-state index is 0.327. The summed E-state index contributed by atoms with van der Waals surface area (Å²) >= 11 is 0. The Balaban J connectivity index is 2.03. The molecule has 1 atom stereocenters. The van der Waals surface area contributed by atoms with E-state index >= 15 is 0 Å². The van der Waals surface area contributed by atoms with Crippen LogP contribution in [0.3, 0.4) is 0 Å². The summed E-state index contributed by atoms with van der Waals surface area (Å²) in [6.07, 6.45) is 1.03. The Morgan fingerprint density at radius 2 is 1.94 bits per heavy atom. The van der Waals surface area contributed by atoms with Crippen molar-refractivity contribution >= 4 is 5.82 Å². The molecule has 0 bridgehead atoms. The zero-order chi connectivity index (χ0) is 12.0. The molecule has 3 heteroatoms. The number of fused-ring (bicyclic) bond motifs is 1. The van der Waals surface area contributed by atoms with Crippen molar-refractivity contribution in [2.45, 2.75) is 26.2 Å². The van der Waals surface area contributed by atoms with Gasteiger partial charge in [-0.1, -0.05) is 24.3 Å². The van der Waals surface area contributed by atoms with Crippen molar-refractivity contribution in [2.24, 2.45) is 0 Å². The standard InChI is InChI=1S/C14H15N3/c1-8-9(2)16-14(17-13(8)15)12-7-10-5-3-4-6-11(10)12/h3-6,12H,7H2,1-2H3,(H2,15,16,17). The van der Waals surface area contributed by atoms with Gasteiger partial charge in [-0.3, -0.25) is 0 Å². The molecule has 0 saturated heterocycles. The fraction of sp³-hybridized carbons (Fsp3) is 0.286. The number of aromatic nitrogens is 2. The number of hydrogen-bond acceptors (Lipinski definition) is 3. The molecule has 0 amide bonds. The van der Waals surface area contributed by atoms with Crippen molar-refractivity contribution in [1.82, 2.24) is 9.97 Å². The molecule has 0 aliphatic heterocycles. The second kappa shape index (κ2) is 3.55. The van der Waals surface area contributed by atoms with E-state index in [1.165, 1.54) is 11.1 Å². The van der Waals surface area contributed by atoms with Gasteiger partial charge in [-0.25, -0.2) is 9.97 Å². The summed E-state index contributed by atoms with van der Waals surface area (Å²) < 4.78 is 0. The first-order valence-corrected chi connectivity index (χ1v) is 5.85. The largest absolute Gasteiger partial charge is 0.383 e. The number of hydrogen-bond donors (Lipinski definition) is 1. The molecule has 1 aromatic carbocycles. The minimum Gasteiger partial charge on any atom is -0.383 e. The van der Waals surface area contributed by atoms with Crippen molar-refractivity contribution in [1.29, 1.82) is 0 Å². The van der Waals surface area contributed by atoms with Crippen LogP contribution in [0, 0.1) is 13.8 Å². The van der Waals surface area contributed by atoms with E-state index in [2.05, 4.69) is 34.2 Å². The summed E-state index contributed by atoms with van der Waals surface area (Å²) in [5.41, 5.74) is 10.6. The molecule has 0 fully saturated rings. The molecule has 1 aromatic heterocycles. The van der Waals surface area contributed by atoms with Crippen LogP contribution in [0.4, 0.5) is 5.82 Å². The Bertz CT molecular complexity index is 567. The lowest BCUT2D eigenvalue weighted by Gasteiger charge is -2.29. The highest BCUT2D eigenvalue weighted by atomic mass is 15.0. The van der Waals surface area contributed by atoms with Crippen molar-refractivity contribution in [3.8, 4) is 0 Å². The normalized spacial score (nSPS) is 17.4. The van der Waals surface area contributed by atoms with E-state index < -0.39 is 0 Å². The van der Waals surface area contributed by atoms with Gasteiger partial charge in [0.2, 0.25) is 0 Å². The molecule has 3 rings (SSSR count). The highest BCUT2D eigenvalue weighted by Gasteiger charge is 2.29. The molecular formula is C14H15N3. The zero-order valence-electron chi connectivity index (χ0n) is 10.1. The lowest BCUT2D eigenvalue weighted by molar-refractivity contribution is 0.656. The average Bonchev–Trinajstić information content (AvgIpc) is 2.27. The molecule has 1 aliphatic rings. The molecule has 2 N–H and O–H groups in total. The van der Waals surface area contributed by atoms with Gasteiger partial charge < -0.3 is 5.73 Å². The van der Waals surface area contributed by atoms with Crippen LogP contribution in [0.2, 0.25) is 0 Å². The lowest BCUT2D eigenvalue weighted by Crippen LogP contribution is -2.21. The van der Waals surface area contributed by atoms with Crippen molar-refractivity contribution in [2.75, 3.05) is 5.73 Å². The Hall–Kier alpha value is -1.90. The summed E-state index contributed by atoms with van der Waals surface area (Å²) in [6, 6.07) is 8.45. The van der Waals surface area contributed by atoms with E-state index in [4.69, 9.17) is 5.73 Å². The predicted octanol–water partition coefficient (Wildman–Crippen LogP) is 2.36. The molecule has 17 heavy (non-hydrogen) atoms. The molecule has 0 saturated carbocycles. The number of aryl methyl sites for hydroxylation is 1. The SMILES string of the molecule is Cc1nc(C2Cc3ccccc32)nc(N)c1C. The Morgan fingerprint density at radius 1 is 1.18 bits per heavy atom. The van der Waals surface area contributed by atoms with E-state index in [0.717, 1.165) is 23.5 Å². The van der Waals surface area contributed by atoms with Gasteiger partial charge in [0.25, 0.3) is 0 Å². The molecule has 1 heterocycles. The minimum absolute atomic E-state index is 0.327. The van der Waals surface area contributed by atoms with E-state index in [-0.39, 0.29) is 0 Å².